The van der Waals surface area contributed by atoms with Crippen molar-refractivity contribution in [1.82, 2.24) is 0 Å². The van der Waals surface area contributed by atoms with Crippen molar-refractivity contribution in [2.24, 2.45) is 0 Å². The molecular weight excluding hydrogens is 357 g/mol. The summed E-state index contributed by atoms with van der Waals surface area (Å²) < 4.78 is 1.27. The third kappa shape index (κ3) is 12.0. The van der Waals surface area contributed by atoms with Gasteiger partial charge in [-0.3, -0.25) is 0 Å². The van der Waals surface area contributed by atoms with Crippen LogP contribution in [0.25, 0.3) is 0 Å². The lowest BCUT2D eigenvalue weighted by molar-refractivity contribution is -0.910. The highest BCUT2D eigenvalue weighted by Crippen LogP contribution is 2.12. The fourth-order valence-electron chi connectivity index (χ4n) is 2.41. The van der Waals surface area contributed by atoms with Gasteiger partial charge in [-0.05, 0) is 38.5 Å². The minimum atomic E-state index is 0. The predicted molar refractivity (Wildman–Crippen MR) is 79.8 cm³/mol. The van der Waals surface area contributed by atoms with Gasteiger partial charge in [0.15, 0.2) is 0 Å². The lowest BCUT2D eigenvalue weighted by atomic mass is 10.1. The zero-order valence-electron chi connectivity index (χ0n) is 12.7. The van der Waals surface area contributed by atoms with Crippen molar-refractivity contribution in [3.8, 4) is 0 Å². The molecule has 1 nitrogen and oxygen atoms in total. The summed E-state index contributed by atoms with van der Waals surface area (Å²) in [6, 6.07) is 0. The van der Waals surface area contributed by atoms with E-state index in [0.717, 1.165) is 5.88 Å². The van der Waals surface area contributed by atoms with Crippen LogP contribution in [0.15, 0.2) is 0 Å². The summed E-state index contributed by atoms with van der Waals surface area (Å²) in [5.74, 6) is 0.823. The Kier molecular flexibility index (Phi) is 17.0. The van der Waals surface area contributed by atoms with Crippen LogP contribution in [0.2, 0.25) is 0 Å². The smallest absolute Gasteiger partial charge is 0.0784 e. The summed E-state index contributed by atoms with van der Waals surface area (Å²) >= 11 is 5.78. The third-order valence-electron chi connectivity index (χ3n) is 3.68. The van der Waals surface area contributed by atoms with Crippen LogP contribution in [0, 0.1) is 0 Å². The van der Waals surface area contributed by atoms with Gasteiger partial charge in [0.2, 0.25) is 0 Å². The maximum Gasteiger partial charge on any atom is 0.0784 e. The standard InChI is InChI=1S/C15H33ClN.HI/c1-4-6-9-13-17(3,14-10-7-5-2)15-11-8-12-16;/h4-15H2,1-3H3;1H/q+1;/p-1. The van der Waals surface area contributed by atoms with Crippen molar-refractivity contribution in [2.75, 3.05) is 32.6 Å². The van der Waals surface area contributed by atoms with Crippen molar-refractivity contribution in [3.05, 3.63) is 0 Å². The van der Waals surface area contributed by atoms with Crippen molar-refractivity contribution in [2.45, 2.75) is 65.2 Å². The summed E-state index contributed by atoms with van der Waals surface area (Å²) in [5, 5.41) is 0. The Morgan fingerprint density at radius 1 is 0.722 bits per heavy atom. The highest BCUT2D eigenvalue weighted by molar-refractivity contribution is 6.17. The molecule has 0 aliphatic rings. The highest BCUT2D eigenvalue weighted by atomic mass is 127. The van der Waals surface area contributed by atoms with E-state index in [4.69, 9.17) is 11.6 Å². The van der Waals surface area contributed by atoms with Gasteiger partial charge in [-0.15, -0.1) is 11.6 Å². The van der Waals surface area contributed by atoms with Crippen LogP contribution in [0.4, 0.5) is 0 Å². The second-order valence-corrected chi connectivity index (χ2v) is 5.98. The maximum absolute atomic E-state index is 5.78. The summed E-state index contributed by atoms with van der Waals surface area (Å²) in [7, 11) is 2.44. The molecule has 0 bridgehead atoms. The number of quaternary nitrogens is 1. The number of rotatable bonds is 12. The molecule has 0 rings (SSSR count). The van der Waals surface area contributed by atoms with Gasteiger partial charge < -0.3 is 28.5 Å². The van der Waals surface area contributed by atoms with E-state index < -0.39 is 0 Å². The number of nitrogens with zero attached hydrogens (tertiary/aromatic N) is 1. The van der Waals surface area contributed by atoms with Crippen molar-refractivity contribution in [1.29, 1.82) is 0 Å². The maximum atomic E-state index is 5.78. The Morgan fingerprint density at radius 2 is 1.11 bits per heavy atom. The molecule has 0 unspecified atom stereocenters. The van der Waals surface area contributed by atoms with E-state index in [1.54, 1.807) is 0 Å². The van der Waals surface area contributed by atoms with Crippen LogP contribution in [0.3, 0.4) is 0 Å². The summed E-state index contributed by atoms with van der Waals surface area (Å²) in [5.41, 5.74) is 0. The minimum Gasteiger partial charge on any atom is -1.00 e. The van der Waals surface area contributed by atoms with Crippen LogP contribution in [0.1, 0.15) is 65.2 Å². The van der Waals surface area contributed by atoms with Gasteiger partial charge in [-0.25, -0.2) is 0 Å². The van der Waals surface area contributed by atoms with Gasteiger partial charge in [-0.1, -0.05) is 26.7 Å². The van der Waals surface area contributed by atoms with Crippen molar-refractivity contribution in [3.63, 3.8) is 0 Å². The molecule has 18 heavy (non-hydrogen) atoms. The first kappa shape index (κ1) is 21.3. The van der Waals surface area contributed by atoms with Gasteiger partial charge in [0.1, 0.15) is 0 Å². The molecule has 0 aromatic heterocycles. The number of alkyl halides is 1. The van der Waals surface area contributed by atoms with Gasteiger partial charge >= 0.3 is 0 Å². The predicted octanol–water partition coefficient (Wildman–Crippen LogP) is 1.84. The minimum absolute atomic E-state index is 0. The zero-order chi connectivity index (χ0) is 13.0. The Bertz CT molecular complexity index is 138. The SMILES string of the molecule is CCCCC[N+](C)(CCCCC)CCCCCl.[I-]. The molecule has 0 saturated heterocycles. The zero-order valence-corrected chi connectivity index (χ0v) is 15.6. The first-order valence-corrected chi connectivity index (χ1v) is 8.11. The molecule has 0 radical (unpaired) electrons. The Balaban J connectivity index is 0. The fourth-order valence-corrected chi connectivity index (χ4v) is 2.60. The van der Waals surface area contributed by atoms with Gasteiger partial charge in [-0.2, -0.15) is 0 Å². The van der Waals surface area contributed by atoms with Gasteiger partial charge in [0, 0.05) is 5.88 Å². The lowest BCUT2D eigenvalue weighted by Crippen LogP contribution is -3.00. The highest BCUT2D eigenvalue weighted by Gasteiger charge is 2.19. The van der Waals surface area contributed by atoms with E-state index in [2.05, 4.69) is 20.9 Å². The summed E-state index contributed by atoms with van der Waals surface area (Å²) in [6.07, 6.45) is 10.7. The van der Waals surface area contributed by atoms with Crippen LogP contribution >= 0.6 is 11.6 Å². The van der Waals surface area contributed by atoms with E-state index in [1.807, 2.05) is 0 Å². The molecule has 0 aliphatic carbocycles. The molecule has 0 amide bonds. The molecule has 0 aromatic carbocycles. The molecule has 0 aromatic rings. The molecular formula is C15H33ClIN. The number of unbranched alkanes of at least 4 members (excludes halogenated alkanes) is 5. The van der Waals surface area contributed by atoms with Gasteiger partial charge in [0.05, 0.1) is 26.7 Å². The van der Waals surface area contributed by atoms with E-state index in [9.17, 15) is 0 Å². The van der Waals surface area contributed by atoms with E-state index in [1.165, 1.54) is 75.5 Å². The normalized spacial score (nSPS) is 11.3. The monoisotopic (exact) mass is 389 g/mol. The number of halogens is 2. The van der Waals surface area contributed by atoms with Gasteiger partial charge in [0.25, 0.3) is 0 Å². The molecule has 0 saturated carbocycles. The number of hydrogen-bond donors (Lipinski definition) is 0. The quantitative estimate of drug-likeness (QED) is 0.207. The van der Waals surface area contributed by atoms with E-state index >= 15 is 0 Å². The molecule has 0 atom stereocenters. The summed E-state index contributed by atoms with van der Waals surface area (Å²) in [4.78, 5) is 0. The molecule has 0 aliphatic heterocycles. The molecule has 0 fully saturated rings. The van der Waals surface area contributed by atoms with Crippen molar-refractivity contribution >= 4 is 11.6 Å². The first-order valence-electron chi connectivity index (χ1n) is 7.58. The second kappa shape index (κ2) is 14.4. The molecule has 3 heteroatoms. The molecule has 0 N–H and O–H groups in total. The number of hydrogen-bond acceptors (Lipinski definition) is 0. The van der Waals surface area contributed by atoms with Crippen LogP contribution in [-0.4, -0.2) is 37.0 Å². The molecule has 0 heterocycles. The van der Waals surface area contributed by atoms with E-state index in [0.29, 0.717) is 0 Å². The molecule has 0 spiro atoms. The average Bonchev–Trinajstić information content (AvgIpc) is 2.30. The van der Waals surface area contributed by atoms with E-state index in [-0.39, 0.29) is 24.0 Å². The van der Waals surface area contributed by atoms with Crippen LogP contribution in [-0.2, 0) is 0 Å². The second-order valence-electron chi connectivity index (χ2n) is 5.60. The van der Waals surface area contributed by atoms with Crippen LogP contribution < -0.4 is 24.0 Å². The third-order valence-corrected chi connectivity index (χ3v) is 3.95. The van der Waals surface area contributed by atoms with Crippen LogP contribution in [0.5, 0.6) is 0 Å². The average molecular weight is 390 g/mol. The summed E-state index contributed by atoms with van der Waals surface area (Å²) in [6.45, 7) is 8.61. The Hall–Kier alpha value is 0.980. The largest absolute Gasteiger partial charge is 1.00 e. The molecule has 112 valence electrons. The Morgan fingerprint density at radius 3 is 1.44 bits per heavy atom. The topological polar surface area (TPSA) is 0 Å². The fraction of sp³-hybridized carbons (Fsp3) is 1.00. The van der Waals surface area contributed by atoms with Crippen molar-refractivity contribution < 1.29 is 28.5 Å². The first-order chi connectivity index (χ1) is 8.18. The Labute approximate surface area is 137 Å². The lowest BCUT2D eigenvalue weighted by Gasteiger charge is -2.35.